The highest BCUT2D eigenvalue weighted by molar-refractivity contribution is 5.24. The standard InChI is InChI=1S/C17H26FNO/c1-12-6-8-19(11-14(12)3)9-7-17(20)15-5-4-13(2)16(18)10-15/h4-5,10,12,14,17,20H,6-9,11H2,1-3H3. The fraction of sp³-hybridized carbons (Fsp3) is 0.647. The normalized spacial score (nSPS) is 25.6. The molecule has 0 aliphatic carbocycles. The van der Waals surface area contributed by atoms with Crippen LogP contribution in [-0.2, 0) is 0 Å². The molecule has 3 unspecified atom stereocenters. The van der Waals surface area contributed by atoms with Crippen LogP contribution in [0.3, 0.4) is 0 Å². The van der Waals surface area contributed by atoms with Gasteiger partial charge in [-0.2, -0.15) is 0 Å². The zero-order valence-corrected chi connectivity index (χ0v) is 12.8. The summed E-state index contributed by atoms with van der Waals surface area (Å²) in [5, 5.41) is 10.2. The fourth-order valence-electron chi connectivity index (χ4n) is 2.84. The van der Waals surface area contributed by atoms with Crippen molar-refractivity contribution < 1.29 is 9.50 Å². The van der Waals surface area contributed by atoms with Gasteiger partial charge in [-0.25, -0.2) is 4.39 Å². The molecule has 3 atom stereocenters. The summed E-state index contributed by atoms with van der Waals surface area (Å²) in [4.78, 5) is 2.42. The van der Waals surface area contributed by atoms with Gasteiger partial charge in [-0.15, -0.1) is 0 Å². The Morgan fingerprint density at radius 3 is 2.75 bits per heavy atom. The van der Waals surface area contributed by atoms with Gasteiger partial charge in [0, 0.05) is 13.1 Å². The van der Waals surface area contributed by atoms with Crippen LogP contribution >= 0.6 is 0 Å². The SMILES string of the molecule is Cc1ccc(C(O)CCN2CCC(C)C(C)C2)cc1F. The smallest absolute Gasteiger partial charge is 0.126 e. The summed E-state index contributed by atoms with van der Waals surface area (Å²) in [7, 11) is 0. The molecule has 1 heterocycles. The predicted octanol–water partition coefficient (Wildman–Crippen LogP) is 3.54. The largest absolute Gasteiger partial charge is 0.388 e. The molecule has 1 fully saturated rings. The summed E-state index contributed by atoms with van der Waals surface area (Å²) >= 11 is 0. The predicted molar refractivity (Wildman–Crippen MR) is 80.1 cm³/mol. The summed E-state index contributed by atoms with van der Waals surface area (Å²) in [6.45, 7) is 9.45. The van der Waals surface area contributed by atoms with Crippen LogP contribution in [-0.4, -0.2) is 29.6 Å². The van der Waals surface area contributed by atoms with Crippen LogP contribution in [0.5, 0.6) is 0 Å². The number of benzene rings is 1. The molecule has 1 aromatic carbocycles. The van der Waals surface area contributed by atoms with Crippen LogP contribution in [0.1, 0.15) is 43.9 Å². The highest BCUT2D eigenvalue weighted by atomic mass is 19.1. The average molecular weight is 279 g/mol. The van der Waals surface area contributed by atoms with Gasteiger partial charge in [0.05, 0.1) is 6.10 Å². The summed E-state index contributed by atoms with van der Waals surface area (Å²) in [5.41, 5.74) is 1.31. The minimum Gasteiger partial charge on any atom is -0.388 e. The molecule has 1 N–H and O–H groups in total. The van der Waals surface area contributed by atoms with Gasteiger partial charge in [0.25, 0.3) is 0 Å². The maximum absolute atomic E-state index is 13.5. The van der Waals surface area contributed by atoms with Crippen LogP contribution in [0.2, 0.25) is 0 Å². The van der Waals surface area contributed by atoms with Gasteiger partial charge in [0.1, 0.15) is 5.82 Å². The van der Waals surface area contributed by atoms with Crippen molar-refractivity contribution in [3.8, 4) is 0 Å². The Morgan fingerprint density at radius 2 is 2.10 bits per heavy atom. The summed E-state index contributed by atoms with van der Waals surface area (Å²) in [6.07, 6.45) is 1.33. The van der Waals surface area contributed by atoms with E-state index in [4.69, 9.17) is 0 Å². The maximum Gasteiger partial charge on any atom is 0.126 e. The number of aryl methyl sites for hydroxylation is 1. The second kappa shape index (κ2) is 6.68. The zero-order valence-electron chi connectivity index (χ0n) is 12.8. The first-order chi connectivity index (χ1) is 9.47. The Balaban J connectivity index is 1.85. The molecule has 20 heavy (non-hydrogen) atoms. The third-order valence-electron chi connectivity index (χ3n) is 4.72. The summed E-state index contributed by atoms with van der Waals surface area (Å²) in [6, 6.07) is 5.02. The molecule has 2 rings (SSSR count). The van der Waals surface area contributed by atoms with Crippen molar-refractivity contribution in [3.63, 3.8) is 0 Å². The molecular weight excluding hydrogens is 253 g/mol. The third-order valence-corrected chi connectivity index (χ3v) is 4.72. The summed E-state index contributed by atoms with van der Waals surface area (Å²) < 4.78 is 13.5. The molecule has 1 saturated heterocycles. The number of rotatable bonds is 4. The minimum atomic E-state index is -0.570. The molecule has 0 aromatic heterocycles. The maximum atomic E-state index is 13.5. The van der Waals surface area contributed by atoms with Crippen LogP contribution in [0, 0.1) is 24.6 Å². The van der Waals surface area contributed by atoms with Gasteiger partial charge in [0.15, 0.2) is 0 Å². The van der Waals surface area contributed by atoms with Crippen molar-refractivity contribution in [1.29, 1.82) is 0 Å². The van der Waals surface area contributed by atoms with E-state index in [1.54, 1.807) is 13.0 Å². The van der Waals surface area contributed by atoms with Crippen molar-refractivity contribution in [1.82, 2.24) is 4.90 Å². The number of piperidine rings is 1. The van der Waals surface area contributed by atoms with E-state index in [1.165, 1.54) is 12.5 Å². The molecule has 0 saturated carbocycles. The number of aliphatic hydroxyl groups is 1. The van der Waals surface area contributed by atoms with Crippen LogP contribution in [0.4, 0.5) is 4.39 Å². The number of likely N-dealkylation sites (tertiary alicyclic amines) is 1. The van der Waals surface area contributed by atoms with Crippen LogP contribution in [0.15, 0.2) is 18.2 Å². The van der Waals surface area contributed by atoms with Crippen LogP contribution < -0.4 is 0 Å². The zero-order chi connectivity index (χ0) is 14.7. The molecule has 0 spiro atoms. The Bertz CT molecular complexity index is 449. The highest BCUT2D eigenvalue weighted by Gasteiger charge is 2.23. The van der Waals surface area contributed by atoms with Gasteiger partial charge in [-0.3, -0.25) is 0 Å². The van der Waals surface area contributed by atoms with E-state index in [-0.39, 0.29) is 5.82 Å². The average Bonchev–Trinajstić information content (AvgIpc) is 2.43. The Morgan fingerprint density at radius 1 is 1.35 bits per heavy atom. The minimum absolute atomic E-state index is 0.234. The first-order valence-corrected chi connectivity index (χ1v) is 7.64. The van der Waals surface area contributed by atoms with Gasteiger partial charge >= 0.3 is 0 Å². The van der Waals surface area contributed by atoms with Gasteiger partial charge in [-0.05, 0) is 55.3 Å². The van der Waals surface area contributed by atoms with E-state index in [2.05, 4.69) is 18.7 Å². The molecule has 3 heteroatoms. The Labute approximate surface area is 121 Å². The number of aliphatic hydroxyl groups excluding tert-OH is 1. The molecule has 0 amide bonds. The second-order valence-corrected chi connectivity index (χ2v) is 6.36. The first-order valence-electron chi connectivity index (χ1n) is 7.64. The van der Waals surface area contributed by atoms with Crippen molar-refractivity contribution in [2.24, 2.45) is 11.8 Å². The lowest BCUT2D eigenvalue weighted by atomic mass is 9.88. The van der Waals surface area contributed by atoms with Crippen molar-refractivity contribution in [2.45, 2.75) is 39.7 Å². The molecule has 0 radical (unpaired) electrons. The number of nitrogens with zero attached hydrogens (tertiary/aromatic N) is 1. The Kier molecular flexibility index (Phi) is 5.17. The van der Waals surface area contributed by atoms with E-state index in [0.717, 1.165) is 31.5 Å². The van der Waals surface area contributed by atoms with Crippen LogP contribution in [0.25, 0.3) is 0 Å². The fourth-order valence-corrected chi connectivity index (χ4v) is 2.84. The third kappa shape index (κ3) is 3.80. The van der Waals surface area contributed by atoms with Gasteiger partial charge < -0.3 is 10.0 Å². The molecule has 1 aromatic rings. The van der Waals surface area contributed by atoms with E-state index in [9.17, 15) is 9.50 Å². The lowest BCUT2D eigenvalue weighted by molar-refractivity contribution is 0.103. The van der Waals surface area contributed by atoms with E-state index in [0.29, 0.717) is 17.5 Å². The van der Waals surface area contributed by atoms with Gasteiger partial charge in [0.2, 0.25) is 0 Å². The topological polar surface area (TPSA) is 23.5 Å². The lowest BCUT2D eigenvalue weighted by Crippen LogP contribution is -2.39. The number of hydrogen-bond donors (Lipinski definition) is 1. The molecule has 1 aliphatic heterocycles. The first kappa shape index (κ1) is 15.5. The van der Waals surface area contributed by atoms with E-state index >= 15 is 0 Å². The van der Waals surface area contributed by atoms with Gasteiger partial charge in [-0.1, -0.05) is 26.0 Å². The molecule has 2 nitrogen and oxygen atoms in total. The summed E-state index contributed by atoms with van der Waals surface area (Å²) in [5.74, 6) is 1.28. The number of halogens is 1. The van der Waals surface area contributed by atoms with E-state index < -0.39 is 6.10 Å². The van der Waals surface area contributed by atoms with Crippen molar-refractivity contribution in [3.05, 3.63) is 35.1 Å². The molecule has 0 bridgehead atoms. The monoisotopic (exact) mass is 279 g/mol. The number of hydrogen-bond acceptors (Lipinski definition) is 2. The second-order valence-electron chi connectivity index (χ2n) is 6.36. The van der Waals surface area contributed by atoms with E-state index in [1.807, 2.05) is 6.07 Å². The molecular formula is C17H26FNO. The highest BCUT2D eigenvalue weighted by Crippen LogP contribution is 2.24. The van der Waals surface area contributed by atoms with Crippen molar-refractivity contribution >= 4 is 0 Å². The van der Waals surface area contributed by atoms with Crippen molar-refractivity contribution in [2.75, 3.05) is 19.6 Å². The molecule has 1 aliphatic rings. The quantitative estimate of drug-likeness (QED) is 0.911. The Hall–Kier alpha value is -0.930. The lowest BCUT2D eigenvalue weighted by Gasteiger charge is -2.35. The molecule has 112 valence electrons.